The standard InChI is InChI=1S/C17H16N4O3/c1-20(9-12-6-7-15-16(8-12)24-11-23-15)17(22)10-21-14-5-3-2-4-13(14)18-19-21/h2-8H,9-11H2,1H3. The molecule has 2 heterocycles. The zero-order valence-corrected chi connectivity index (χ0v) is 13.2. The first-order chi connectivity index (χ1) is 11.7. The molecule has 1 aromatic heterocycles. The van der Waals surface area contributed by atoms with Gasteiger partial charge in [-0.25, -0.2) is 4.68 Å². The molecule has 7 heteroatoms. The van der Waals surface area contributed by atoms with Gasteiger partial charge >= 0.3 is 0 Å². The number of carbonyl (C=O) groups is 1. The number of aromatic nitrogens is 3. The predicted molar refractivity (Wildman–Crippen MR) is 86.6 cm³/mol. The third-order valence-corrected chi connectivity index (χ3v) is 3.99. The summed E-state index contributed by atoms with van der Waals surface area (Å²) in [5, 5.41) is 8.12. The van der Waals surface area contributed by atoms with Crippen LogP contribution in [0.15, 0.2) is 42.5 Å². The molecule has 4 rings (SSSR count). The van der Waals surface area contributed by atoms with Crippen molar-refractivity contribution < 1.29 is 14.3 Å². The number of amides is 1. The van der Waals surface area contributed by atoms with E-state index in [-0.39, 0.29) is 19.2 Å². The Morgan fingerprint density at radius 1 is 1.21 bits per heavy atom. The van der Waals surface area contributed by atoms with Crippen LogP contribution in [0.2, 0.25) is 0 Å². The van der Waals surface area contributed by atoms with Crippen molar-refractivity contribution in [1.82, 2.24) is 19.9 Å². The van der Waals surface area contributed by atoms with Crippen molar-refractivity contribution in [2.75, 3.05) is 13.8 Å². The highest BCUT2D eigenvalue weighted by molar-refractivity contribution is 5.79. The first-order valence-electron chi connectivity index (χ1n) is 7.61. The molecule has 0 unspecified atom stereocenters. The molecule has 0 atom stereocenters. The molecular weight excluding hydrogens is 308 g/mol. The van der Waals surface area contributed by atoms with Gasteiger partial charge in [-0.05, 0) is 29.8 Å². The average Bonchev–Trinajstić information content (AvgIpc) is 3.21. The Labute approximate surface area is 138 Å². The molecular formula is C17H16N4O3. The second kappa shape index (κ2) is 5.84. The number of rotatable bonds is 4. The van der Waals surface area contributed by atoms with E-state index in [4.69, 9.17) is 9.47 Å². The van der Waals surface area contributed by atoms with Crippen LogP contribution in [0.3, 0.4) is 0 Å². The molecule has 3 aromatic rings. The Morgan fingerprint density at radius 2 is 2.04 bits per heavy atom. The van der Waals surface area contributed by atoms with Crippen molar-refractivity contribution >= 4 is 16.9 Å². The van der Waals surface area contributed by atoms with Gasteiger partial charge in [0.15, 0.2) is 11.5 Å². The number of carbonyl (C=O) groups excluding carboxylic acids is 1. The Kier molecular flexibility index (Phi) is 3.53. The summed E-state index contributed by atoms with van der Waals surface area (Å²) in [4.78, 5) is 14.1. The number of hydrogen-bond acceptors (Lipinski definition) is 5. The van der Waals surface area contributed by atoms with Gasteiger partial charge < -0.3 is 14.4 Å². The van der Waals surface area contributed by atoms with Crippen LogP contribution in [0.4, 0.5) is 0 Å². The molecule has 0 N–H and O–H groups in total. The lowest BCUT2D eigenvalue weighted by Crippen LogP contribution is -2.30. The Morgan fingerprint density at radius 3 is 2.96 bits per heavy atom. The lowest BCUT2D eigenvalue weighted by atomic mass is 10.2. The van der Waals surface area contributed by atoms with Crippen LogP contribution in [0.25, 0.3) is 11.0 Å². The van der Waals surface area contributed by atoms with Crippen molar-refractivity contribution in [3.05, 3.63) is 48.0 Å². The van der Waals surface area contributed by atoms with Gasteiger partial charge in [0.25, 0.3) is 0 Å². The van der Waals surface area contributed by atoms with Gasteiger partial charge in [0, 0.05) is 13.6 Å². The zero-order chi connectivity index (χ0) is 16.5. The summed E-state index contributed by atoms with van der Waals surface area (Å²) in [7, 11) is 1.77. The molecule has 0 radical (unpaired) electrons. The summed E-state index contributed by atoms with van der Waals surface area (Å²) in [6.45, 7) is 0.886. The summed E-state index contributed by atoms with van der Waals surface area (Å²) in [5.74, 6) is 1.42. The highest BCUT2D eigenvalue weighted by atomic mass is 16.7. The van der Waals surface area contributed by atoms with Crippen LogP contribution in [-0.2, 0) is 17.9 Å². The molecule has 0 saturated carbocycles. The highest BCUT2D eigenvalue weighted by Crippen LogP contribution is 2.32. The second-order valence-corrected chi connectivity index (χ2v) is 5.67. The quantitative estimate of drug-likeness (QED) is 0.732. The Hall–Kier alpha value is -3.09. The van der Waals surface area contributed by atoms with Gasteiger partial charge in [-0.1, -0.05) is 23.4 Å². The molecule has 0 fully saturated rings. The number of nitrogens with zero attached hydrogens (tertiary/aromatic N) is 4. The molecule has 122 valence electrons. The van der Waals surface area contributed by atoms with Crippen molar-refractivity contribution in [2.45, 2.75) is 13.1 Å². The van der Waals surface area contributed by atoms with Crippen LogP contribution >= 0.6 is 0 Å². The molecule has 0 bridgehead atoms. The van der Waals surface area contributed by atoms with E-state index in [1.165, 1.54) is 0 Å². The van der Waals surface area contributed by atoms with E-state index in [1.807, 2.05) is 42.5 Å². The minimum absolute atomic E-state index is 0.0386. The summed E-state index contributed by atoms with van der Waals surface area (Å²) >= 11 is 0. The smallest absolute Gasteiger partial charge is 0.244 e. The number of ether oxygens (including phenoxy) is 2. The summed E-state index contributed by atoms with van der Waals surface area (Å²) in [5.41, 5.74) is 2.62. The molecule has 1 aliphatic heterocycles. The number of para-hydroxylation sites is 1. The minimum Gasteiger partial charge on any atom is -0.454 e. The summed E-state index contributed by atoms with van der Waals surface area (Å²) in [6.07, 6.45) is 0. The number of hydrogen-bond donors (Lipinski definition) is 0. The zero-order valence-electron chi connectivity index (χ0n) is 13.2. The van der Waals surface area contributed by atoms with Crippen molar-refractivity contribution in [2.24, 2.45) is 0 Å². The van der Waals surface area contributed by atoms with E-state index in [9.17, 15) is 4.79 Å². The second-order valence-electron chi connectivity index (χ2n) is 5.67. The SMILES string of the molecule is CN(Cc1ccc2c(c1)OCO2)C(=O)Cn1nnc2ccccc21. The van der Waals surface area contributed by atoms with Gasteiger partial charge in [-0.2, -0.15) is 0 Å². The molecule has 7 nitrogen and oxygen atoms in total. The van der Waals surface area contributed by atoms with E-state index >= 15 is 0 Å². The number of likely N-dealkylation sites (N-methyl/N-ethyl adjacent to an activating group) is 1. The van der Waals surface area contributed by atoms with Gasteiger partial charge in [-0.15, -0.1) is 5.10 Å². The normalized spacial score (nSPS) is 12.5. The molecule has 0 spiro atoms. The third-order valence-electron chi connectivity index (χ3n) is 3.99. The third kappa shape index (κ3) is 2.64. The Balaban J connectivity index is 1.46. The first-order valence-corrected chi connectivity index (χ1v) is 7.61. The monoisotopic (exact) mass is 324 g/mol. The highest BCUT2D eigenvalue weighted by Gasteiger charge is 2.16. The Bertz CT molecular complexity index is 906. The summed E-state index contributed by atoms with van der Waals surface area (Å²) < 4.78 is 12.3. The fourth-order valence-corrected chi connectivity index (χ4v) is 2.68. The van der Waals surface area contributed by atoms with Crippen LogP contribution in [0.1, 0.15) is 5.56 Å². The summed E-state index contributed by atoms with van der Waals surface area (Å²) in [6, 6.07) is 13.3. The number of benzene rings is 2. The maximum absolute atomic E-state index is 12.5. The molecule has 1 aliphatic rings. The molecule has 24 heavy (non-hydrogen) atoms. The van der Waals surface area contributed by atoms with Crippen molar-refractivity contribution in [1.29, 1.82) is 0 Å². The average molecular weight is 324 g/mol. The van der Waals surface area contributed by atoms with Gasteiger partial charge in [0.05, 0.1) is 5.52 Å². The molecule has 0 saturated heterocycles. The van der Waals surface area contributed by atoms with E-state index in [0.717, 1.165) is 28.1 Å². The fraction of sp³-hybridized carbons (Fsp3) is 0.235. The lowest BCUT2D eigenvalue weighted by molar-refractivity contribution is -0.131. The first kappa shape index (κ1) is 14.5. The van der Waals surface area contributed by atoms with E-state index in [0.29, 0.717) is 6.54 Å². The minimum atomic E-state index is -0.0386. The van der Waals surface area contributed by atoms with Gasteiger partial charge in [0.2, 0.25) is 12.7 Å². The van der Waals surface area contributed by atoms with E-state index in [1.54, 1.807) is 16.6 Å². The molecule has 2 aromatic carbocycles. The maximum Gasteiger partial charge on any atom is 0.244 e. The van der Waals surface area contributed by atoms with E-state index in [2.05, 4.69) is 10.3 Å². The molecule has 1 amide bonds. The largest absolute Gasteiger partial charge is 0.454 e. The van der Waals surface area contributed by atoms with Crippen LogP contribution < -0.4 is 9.47 Å². The predicted octanol–water partition coefficient (Wildman–Crippen LogP) is 1.82. The lowest BCUT2D eigenvalue weighted by Gasteiger charge is -2.17. The van der Waals surface area contributed by atoms with Crippen molar-refractivity contribution in [3.8, 4) is 11.5 Å². The van der Waals surface area contributed by atoms with Crippen molar-refractivity contribution in [3.63, 3.8) is 0 Å². The fourth-order valence-electron chi connectivity index (χ4n) is 2.68. The van der Waals surface area contributed by atoms with E-state index < -0.39 is 0 Å². The topological polar surface area (TPSA) is 69.5 Å². The maximum atomic E-state index is 12.5. The number of fused-ring (bicyclic) bond motifs is 2. The van der Waals surface area contributed by atoms with Gasteiger partial charge in [0.1, 0.15) is 12.1 Å². The van der Waals surface area contributed by atoms with Gasteiger partial charge in [-0.3, -0.25) is 4.79 Å². The van der Waals surface area contributed by atoms with Crippen LogP contribution in [0.5, 0.6) is 11.5 Å². The van der Waals surface area contributed by atoms with Crippen LogP contribution in [-0.4, -0.2) is 39.6 Å². The molecule has 0 aliphatic carbocycles. The van der Waals surface area contributed by atoms with Crippen LogP contribution in [0, 0.1) is 0 Å².